The average Bonchev–Trinajstić information content (AvgIpc) is 1.87. The predicted octanol–water partition coefficient (Wildman–Crippen LogP) is 0.452. The molecule has 0 aliphatic carbocycles. The van der Waals surface area contributed by atoms with Gasteiger partial charge in [-0.05, 0) is 26.5 Å². The van der Waals surface area contributed by atoms with Crippen LogP contribution in [0, 0.1) is 6.67 Å². The van der Waals surface area contributed by atoms with E-state index in [-0.39, 0.29) is 17.1 Å². The molecular formula is C5H9MnN2-. The molecule has 0 spiro atoms. The summed E-state index contributed by atoms with van der Waals surface area (Å²) < 4.78 is 0. The van der Waals surface area contributed by atoms with Crippen molar-refractivity contribution in [1.29, 1.82) is 0 Å². The van der Waals surface area contributed by atoms with Gasteiger partial charge in [0.05, 0.1) is 0 Å². The summed E-state index contributed by atoms with van der Waals surface area (Å²) in [4.78, 5) is 4.00. The van der Waals surface area contributed by atoms with Crippen molar-refractivity contribution in [1.82, 2.24) is 9.80 Å². The van der Waals surface area contributed by atoms with Gasteiger partial charge in [0.25, 0.3) is 0 Å². The predicted molar refractivity (Wildman–Crippen MR) is 29.0 cm³/mol. The van der Waals surface area contributed by atoms with Crippen LogP contribution in [0.4, 0.5) is 0 Å². The summed E-state index contributed by atoms with van der Waals surface area (Å²) >= 11 is 0. The van der Waals surface area contributed by atoms with Gasteiger partial charge in [0.15, 0.2) is 0 Å². The number of rotatable bonds is 0. The maximum absolute atomic E-state index is 2.00. The molecular weight excluding hydrogens is 143 g/mol. The summed E-state index contributed by atoms with van der Waals surface area (Å²) in [6.45, 7) is 2.00. The van der Waals surface area contributed by atoms with Crippen molar-refractivity contribution in [3.05, 3.63) is 19.1 Å². The standard InChI is InChI=1S/C5H9N2.Mn/c1-6-3-4-7(2)5-6;/h3-5H,1-2H3;/q-1;. The Kier molecular flexibility index (Phi) is 2.95. The molecule has 1 aliphatic rings. The first-order valence-corrected chi connectivity index (χ1v) is 2.26. The summed E-state index contributed by atoms with van der Waals surface area (Å²) in [5, 5.41) is 0. The average molecular weight is 152 g/mol. The van der Waals surface area contributed by atoms with Crippen LogP contribution in [0.5, 0.6) is 0 Å². The molecule has 1 aliphatic heterocycles. The minimum atomic E-state index is 0. The third-order valence-corrected chi connectivity index (χ3v) is 0.901. The molecule has 0 saturated carbocycles. The van der Waals surface area contributed by atoms with Gasteiger partial charge in [-0.1, -0.05) is 0 Å². The monoisotopic (exact) mass is 152 g/mol. The molecule has 0 amide bonds. The normalized spacial score (nSPS) is 16.8. The van der Waals surface area contributed by atoms with Crippen LogP contribution < -0.4 is 0 Å². The Morgan fingerprint density at radius 1 is 1.12 bits per heavy atom. The van der Waals surface area contributed by atoms with E-state index < -0.39 is 0 Å². The van der Waals surface area contributed by atoms with E-state index in [1.807, 2.05) is 43.0 Å². The maximum Gasteiger partial charge on any atom is 0 e. The second-order valence-electron chi connectivity index (χ2n) is 1.74. The minimum absolute atomic E-state index is 0. The summed E-state index contributed by atoms with van der Waals surface area (Å²) in [7, 11) is 4.00. The molecule has 0 N–H and O–H groups in total. The van der Waals surface area contributed by atoms with Gasteiger partial charge in [0.2, 0.25) is 0 Å². The number of nitrogens with zero attached hydrogens (tertiary/aromatic N) is 2. The van der Waals surface area contributed by atoms with E-state index in [0.717, 1.165) is 0 Å². The Morgan fingerprint density at radius 3 is 1.62 bits per heavy atom. The molecule has 3 heteroatoms. The van der Waals surface area contributed by atoms with Crippen molar-refractivity contribution in [3.8, 4) is 0 Å². The first kappa shape index (κ1) is 7.86. The van der Waals surface area contributed by atoms with Gasteiger partial charge in [-0.15, -0.1) is 0 Å². The summed E-state index contributed by atoms with van der Waals surface area (Å²) in [6, 6.07) is 0. The summed E-state index contributed by atoms with van der Waals surface area (Å²) in [6.07, 6.45) is 4.00. The molecule has 0 aromatic heterocycles. The number of hydrogen-bond acceptors (Lipinski definition) is 2. The third-order valence-electron chi connectivity index (χ3n) is 0.901. The van der Waals surface area contributed by atoms with E-state index in [0.29, 0.717) is 0 Å². The molecule has 0 aromatic carbocycles. The van der Waals surface area contributed by atoms with Crippen LogP contribution >= 0.6 is 0 Å². The first-order chi connectivity index (χ1) is 3.29. The number of hydrogen-bond donors (Lipinski definition) is 0. The van der Waals surface area contributed by atoms with Crippen molar-refractivity contribution in [2.75, 3.05) is 14.1 Å². The molecule has 0 unspecified atom stereocenters. The van der Waals surface area contributed by atoms with Gasteiger partial charge >= 0.3 is 0 Å². The van der Waals surface area contributed by atoms with Crippen LogP contribution in [-0.2, 0) is 17.1 Å². The third kappa shape index (κ3) is 1.76. The largest absolute Gasteiger partial charge is 0.511 e. The van der Waals surface area contributed by atoms with E-state index in [1.165, 1.54) is 0 Å². The first-order valence-electron chi connectivity index (χ1n) is 2.26. The van der Waals surface area contributed by atoms with Gasteiger partial charge in [-0.2, -0.15) is 6.67 Å². The van der Waals surface area contributed by atoms with Gasteiger partial charge in [0.1, 0.15) is 0 Å². The topological polar surface area (TPSA) is 6.48 Å². The molecule has 0 bridgehead atoms. The Labute approximate surface area is 60.6 Å². The zero-order valence-electron chi connectivity index (χ0n) is 5.00. The van der Waals surface area contributed by atoms with E-state index in [2.05, 4.69) is 0 Å². The maximum atomic E-state index is 2.00. The van der Waals surface area contributed by atoms with Gasteiger partial charge in [-0.25, -0.2) is 0 Å². The van der Waals surface area contributed by atoms with Crippen LogP contribution in [-0.4, -0.2) is 23.9 Å². The summed E-state index contributed by atoms with van der Waals surface area (Å²) in [5.74, 6) is 0. The van der Waals surface area contributed by atoms with Gasteiger partial charge in [0, 0.05) is 17.1 Å². The SMILES string of the molecule is CN1C=CN(C)[CH-]1.[Mn]. The van der Waals surface area contributed by atoms with E-state index in [9.17, 15) is 0 Å². The fourth-order valence-electron chi connectivity index (χ4n) is 0.575. The van der Waals surface area contributed by atoms with Crippen LogP contribution in [0.15, 0.2) is 12.4 Å². The Hall–Kier alpha value is -0.141. The smallest absolute Gasteiger partial charge is 0 e. The molecule has 8 heavy (non-hydrogen) atoms. The van der Waals surface area contributed by atoms with Crippen LogP contribution in [0.3, 0.4) is 0 Å². The molecule has 0 fully saturated rings. The van der Waals surface area contributed by atoms with Crippen LogP contribution in [0.2, 0.25) is 0 Å². The van der Waals surface area contributed by atoms with Crippen molar-refractivity contribution in [2.45, 2.75) is 0 Å². The molecule has 1 heterocycles. The van der Waals surface area contributed by atoms with Gasteiger partial charge < -0.3 is 9.80 Å². The van der Waals surface area contributed by atoms with Gasteiger partial charge in [-0.3, -0.25) is 0 Å². The zero-order valence-corrected chi connectivity index (χ0v) is 6.18. The van der Waals surface area contributed by atoms with E-state index >= 15 is 0 Å². The molecule has 2 nitrogen and oxygen atoms in total. The Morgan fingerprint density at radius 2 is 1.50 bits per heavy atom. The molecule has 0 saturated heterocycles. The molecule has 1 rings (SSSR count). The molecule has 0 aromatic rings. The van der Waals surface area contributed by atoms with Crippen molar-refractivity contribution in [2.24, 2.45) is 0 Å². The fourth-order valence-corrected chi connectivity index (χ4v) is 0.575. The Bertz CT molecular complexity index is 82.4. The van der Waals surface area contributed by atoms with E-state index in [4.69, 9.17) is 0 Å². The van der Waals surface area contributed by atoms with E-state index in [1.54, 1.807) is 0 Å². The van der Waals surface area contributed by atoms with Crippen LogP contribution in [0.1, 0.15) is 0 Å². The minimum Gasteiger partial charge on any atom is -0.511 e. The molecule has 47 valence electrons. The quantitative estimate of drug-likeness (QED) is 0.367. The molecule has 0 atom stereocenters. The van der Waals surface area contributed by atoms with Crippen LogP contribution in [0.25, 0.3) is 0 Å². The zero-order chi connectivity index (χ0) is 5.28. The Balaban J connectivity index is 0.000000490. The molecule has 1 radical (unpaired) electrons. The fraction of sp³-hybridized carbons (Fsp3) is 0.400. The van der Waals surface area contributed by atoms with Crippen molar-refractivity contribution >= 4 is 0 Å². The second-order valence-corrected chi connectivity index (χ2v) is 1.74. The van der Waals surface area contributed by atoms with Crippen molar-refractivity contribution < 1.29 is 17.1 Å². The van der Waals surface area contributed by atoms with Crippen molar-refractivity contribution in [3.63, 3.8) is 0 Å². The second kappa shape index (κ2) is 3.00. The summed E-state index contributed by atoms with van der Waals surface area (Å²) in [5.41, 5.74) is 0.